The molecular formula is C22H16Cl2F4N2O2S2. The summed E-state index contributed by atoms with van der Waals surface area (Å²) in [6, 6.07) is 5.10. The Labute approximate surface area is 210 Å². The van der Waals surface area contributed by atoms with Crippen molar-refractivity contribution in [2.75, 3.05) is 17.3 Å². The molecule has 0 aliphatic carbocycles. The molecule has 3 heterocycles. The molecule has 1 N–H and O–H groups in total. The molecule has 1 fully saturated rings. The molecule has 0 saturated carbocycles. The fraction of sp³-hybridized carbons (Fsp3) is 0.364. The number of halogens is 6. The van der Waals surface area contributed by atoms with Crippen molar-refractivity contribution in [3.8, 4) is 0 Å². The van der Waals surface area contributed by atoms with Gasteiger partial charge in [-0.25, -0.2) is 4.39 Å². The maximum absolute atomic E-state index is 14.3. The molecule has 1 saturated heterocycles. The van der Waals surface area contributed by atoms with Crippen molar-refractivity contribution < 1.29 is 27.2 Å². The molecule has 34 heavy (non-hydrogen) atoms. The molecule has 3 aliphatic heterocycles. The summed E-state index contributed by atoms with van der Waals surface area (Å²) in [6.45, 7) is 0. The minimum Gasteiger partial charge on any atom is -0.374 e. The van der Waals surface area contributed by atoms with E-state index in [1.807, 2.05) is 0 Å². The molecule has 2 aromatic carbocycles. The first kappa shape index (κ1) is 24.1. The third-order valence-corrected chi connectivity index (χ3v) is 9.01. The van der Waals surface area contributed by atoms with E-state index in [4.69, 9.17) is 28.0 Å². The van der Waals surface area contributed by atoms with Gasteiger partial charge in [0, 0.05) is 45.7 Å². The van der Waals surface area contributed by atoms with Gasteiger partial charge in [-0.15, -0.1) is 11.8 Å². The monoisotopic (exact) mass is 550 g/mol. The standard InChI is InChI=1S/C22H16Cl2F4N2O2S2/c23-15-5-10(6-16(24)18(15)25)21(22(26,27)28)7-17(30-32-21)12-1-2-14(19-13(12)3-4-34-19)20(31)29-11-8-33-9-11/h1-2,5-6,11H,3-4,7-9H2,(H,29,31). The summed E-state index contributed by atoms with van der Waals surface area (Å²) in [6.07, 6.45) is -4.94. The van der Waals surface area contributed by atoms with E-state index in [9.17, 15) is 22.4 Å². The largest absolute Gasteiger partial charge is 0.435 e. The van der Waals surface area contributed by atoms with Gasteiger partial charge in [0.1, 0.15) is 0 Å². The zero-order valence-electron chi connectivity index (χ0n) is 17.3. The van der Waals surface area contributed by atoms with Crippen molar-refractivity contribution in [3.05, 3.63) is 62.4 Å². The second kappa shape index (κ2) is 8.80. The number of benzene rings is 2. The highest BCUT2D eigenvalue weighted by Crippen LogP contribution is 2.51. The lowest BCUT2D eigenvalue weighted by Gasteiger charge is -2.30. The van der Waals surface area contributed by atoms with Gasteiger partial charge in [0.05, 0.1) is 21.3 Å². The highest BCUT2D eigenvalue weighted by Gasteiger charge is 2.62. The molecule has 1 unspecified atom stereocenters. The Morgan fingerprint density at radius 2 is 1.91 bits per heavy atom. The van der Waals surface area contributed by atoms with Gasteiger partial charge in [-0.3, -0.25) is 4.79 Å². The van der Waals surface area contributed by atoms with Gasteiger partial charge in [0.2, 0.25) is 0 Å². The summed E-state index contributed by atoms with van der Waals surface area (Å²) >= 11 is 14.8. The first-order chi connectivity index (χ1) is 16.1. The number of alkyl halides is 3. The summed E-state index contributed by atoms with van der Waals surface area (Å²) in [7, 11) is 0. The topological polar surface area (TPSA) is 50.7 Å². The van der Waals surface area contributed by atoms with Crippen molar-refractivity contribution in [3.63, 3.8) is 0 Å². The van der Waals surface area contributed by atoms with Gasteiger partial charge in [-0.1, -0.05) is 34.4 Å². The van der Waals surface area contributed by atoms with Crippen LogP contribution in [0.25, 0.3) is 0 Å². The molecule has 12 heteroatoms. The molecule has 1 atom stereocenters. The zero-order chi connectivity index (χ0) is 24.3. The first-order valence-electron chi connectivity index (χ1n) is 10.2. The molecule has 0 bridgehead atoms. The van der Waals surface area contributed by atoms with Crippen LogP contribution in [-0.2, 0) is 16.9 Å². The van der Waals surface area contributed by atoms with Crippen LogP contribution < -0.4 is 5.32 Å². The van der Waals surface area contributed by atoms with Crippen molar-refractivity contribution in [2.24, 2.45) is 5.16 Å². The van der Waals surface area contributed by atoms with Crippen LogP contribution in [0.3, 0.4) is 0 Å². The van der Waals surface area contributed by atoms with Crippen LogP contribution in [0.1, 0.15) is 33.5 Å². The van der Waals surface area contributed by atoms with Crippen LogP contribution >= 0.6 is 46.7 Å². The maximum atomic E-state index is 14.3. The normalized spacial score (nSPS) is 22.1. The van der Waals surface area contributed by atoms with Crippen molar-refractivity contribution in [1.29, 1.82) is 0 Å². The second-order valence-corrected chi connectivity index (χ2v) is 11.2. The Morgan fingerprint density at radius 3 is 2.53 bits per heavy atom. The Kier molecular flexibility index (Phi) is 6.23. The second-order valence-electron chi connectivity index (χ2n) is 8.16. The number of nitrogens with zero attached hydrogens (tertiary/aromatic N) is 1. The Morgan fingerprint density at radius 1 is 1.21 bits per heavy atom. The Balaban J connectivity index is 1.50. The SMILES string of the molecule is O=C(NC1CSC1)c1ccc(C2=NOC(c3cc(Cl)c(F)c(Cl)c3)(C(F)(F)F)C2)c2c1SCC2. The van der Waals surface area contributed by atoms with Crippen LogP contribution in [-0.4, -0.2) is 41.1 Å². The number of rotatable bonds is 4. The lowest BCUT2D eigenvalue weighted by atomic mass is 9.85. The van der Waals surface area contributed by atoms with Crippen LogP contribution in [0.5, 0.6) is 0 Å². The quantitative estimate of drug-likeness (QED) is 0.363. The van der Waals surface area contributed by atoms with E-state index in [1.54, 1.807) is 23.9 Å². The molecule has 2 aromatic rings. The molecule has 0 aromatic heterocycles. The van der Waals surface area contributed by atoms with Crippen molar-refractivity contribution in [2.45, 2.75) is 35.6 Å². The molecule has 0 spiro atoms. The van der Waals surface area contributed by atoms with Crippen LogP contribution in [0.4, 0.5) is 17.6 Å². The summed E-state index contributed by atoms with van der Waals surface area (Å²) in [5, 5.41) is 5.72. The van der Waals surface area contributed by atoms with E-state index < -0.39 is 39.6 Å². The van der Waals surface area contributed by atoms with E-state index in [2.05, 4.69) is 10.5 Å². The number of hydrogen-bond donors (Lipinski definition) is 1. The van der Waals surface area contributed by atoms with Gasteiger partial charge >= 0.3 is 6.18 Å². The molecule has 4 nitrogen and oxygen atoms in total. The zero-order valence-corrected chi connectivity index (χ0v) is 20.4. The number of amides is 1. The van der Waals surface area contributed by atoms with E-state index in [0.717, 1.165) is 34.1 Å². The molecule has 0 radical (unpaired) electrons. The number of carbonyl (C=O) groups excluding carboxylic acids is 1. The molecule has 5 rings (SSSR count). The number of thioether (sulfide) groups is 2. The van der Waals surface area contributed by atoms with E-state index in [-0.39, 0.29) is 17.7 Å². The van der Waals surface area contributed by atoms with Gasteiger partial charge in [0.25, 0.3) is 11.5 Å². The summed E-state index contributed by atoms with van der Waals surface area (Å²) < 4.78 is 56.8. The average molecular weight is 551 g/mol. The van der Waals surface area contributed by atoms with Crippen molar-refractivity contribution >= 4 is 58.3 Å². The molecule has 180 valence electrons. The predicted molar refractivity (Wildman–Crippen MR) is 126 cm³/mol. The maximum Gasteiger partial charge on any atom is 0.435 e. The highest BCUT2D eigenvalue weighted by atomic mass is 35.5. The number of oxime groups is 1. The fourth-order valence-electron chi connectivity index (χ4n) is 4.16. The van der Waals surface area contributed by atoms with Gasteiger partial charge in [-0.05, 0) is 30.2 Å². The predicted octanol–water partition coefficient (Wildman–Crippen LogP) is 6.21. The lowest BCUT2D eigenvalue weighted by molar-refractivity contribution is -0.275. The van der Waals surface area contributed by atoms with Gasteiger partial charge in [-0.2, -0.15) is 24.9 Å². The van der Waals surface area contributed by atoms with Gasteiger partial charge in [0.15, 0.2) is 5.82 Å². The van der Waals surface area contributed by atoms with E-state index in [1.165, 1.54) is 11.8 Å². The first-order valence-corrected chi connectivity index (χ1v) is 13.1. The van der Waals surface area contributed by atoms with Crippen LogP contribution in [0.2, 0.25) is 10.0 Å². The average Bonchev–Trinajstić information content (AvgIpc) is 3.41. The minimum absolute atomic E-state index is 0.0926. The van der Waals surface area contributed by atoms with Crippen LogP contribution in [0, 0.1) is 5.82 Å². The lowest BCUT2D eigenvalue weighted by Crippen LogP contribution is -2.44. The molecule has 1 amide bonds. The summed E-state index contributed by atoms with van der Waals surface area (Å²) in [5.74, 6) is 1.24. The van der Waals surface area contributed by atoms with Crippen molar-refractivity contribution in [1.82, 2.24) is 5.32 Å². The highest BCUT2D eigenvalue weighted by molar-refractivity contribution is 8.00. The summed E-state index contributed by atoms with van der Waals surface area (Å²) in [4.78, 5) is 18.6. The van der Waals surface area contributed by atoms with E-state index in [0.29, 0.717) is 23.3 Å². The number of fused-ring (bicyclic) bond motifs is 1. The number of hydrogen-bond acceptors (Lipinski definition) is 5. The molecular weight excluding hydrogens is 535 g/mol. The number of carbonyl (C=O) groups is 1. The van der Waals surface area contributed by atoms with E-state index >= 15 is 0 Å². The smallest absolute Gasteiger partial charge is 0.374 e. The fourth-order valence-corrected chi connectivity index (χ4v) is 6.50. The summed E-state index contributed by atoms with van der Waals surface area (Å²) in [5.41, 5.74) is -1.42. The Hall–Kier alpha value is -1.62. The number of nitrogens with one attached hydrogen (secondary N) is 1. The van der Waals surface area contributed by atoms with Gasteiger partial charge < -0.3 is 10.2 Å². The minimum atomic E-state index is -4.89. The molecule has 3 aliphatic rings. The third kappa shape index (κ3) is 3.96. The van der Waals surface area contributed by atoms with Crippen LogP contribution in [0.15, 0.2) is 34.3 Å². The Bertz CT molecular complexity index is 1200. The third-order valence-electron chi connectivity index (χ3n) is 6.02.